The fourth-order valence-corrected chi connectivity index (χ4v) is 1.88. The Labute approximate surface area is 104 Å². The van der Waals surface area contributed by atoms with E-state index in [1.54, 1.807) is 0 Å². The van der Waals surface area contributed by atoms with Gasteiger partial charge >= 0.3 is 0 Å². The Kier molecular flexibility index (Phi) is 6.11. The van der Waals surface area contributed by atoms with E-state index in [1.165, 1.54) is 0 Å². The predicted octanol–water partition coefficient (Wildman–Crippen LogP) is 1.63. The van der Waals surface area contributed by atoms with E-state index in [0.717, 1.165) is 37.3 Å². The summed E-state index contributed by atoms with van der Waals surface area (Å²) >= 11 is 0. The molecular formula is C13H24N4. The number of hydrazine groups is 1. The summed E-state index contributed by atoms with van der Waals surface area (Å²) in [5, 5.41) is 0. The number of hydrogen-bond acceptors (Lipinski definition) is 4. The fourth-order valence-electron chi connectivity index (χ4n) is 1.88. The van der Waals surface area contributed by atoms with Crippen LogP contribution in [0.3, 0.4) is 0 Å². The van der Waals surface area contributed by atoms with Gasteiger partial charge in [-0.05, 0) is 44.6 Å². The number of hydrogen-bond donors (Lipinski definition) is 2. The minimum Gasteiger partial charge on any atom is -0.304 e. The summed E-state index contributed by atoms with van der Waals surface area (Å²) in [6.45, 7) is 9.57. The first-order chi connectivity index (χ1) is 8.21. The molecule has 0 spiro atoms. The molecule has 1 aromatic heterocycles. The molecule has 0 fully saturated rings. The molecule has 4 nitrogen and oxygen atoms in total. The van der Waals surface area contributed by atoms with Crippen molar-refractivity contribution in [2.75, 3.05) is 19.6 Å². The van der Waals surface area contributed by atoms with Crippen LogP contribution in [0.25, 0.3) is 0 Å². The molecule has 0 bridgehead atoms. The highest BCUT2D eigenvalue weighted by Gasteiger charge is 2.11. The Balaban J connectivity index is 2.56. The zero-order valence-electron chi connectivity index (χ0n) is 11.1. The zero-order chi connectivity index (χ0) is 12.7. The normalized spacial score (nSPS) is 13.0. The van der Waals surface area contributed by atoms with Crippen LogP contribution >= 0.6 is 0 Å². The summed E-state index contributed by atoms with van der Waals surface area (Å²) in [6, 6.07) is 4.30. The Bertz CT molecular complexity index is 306. The lowest BCUT2D eigenvalue weighted by Gasteiger charge is -2.22. The van der Waals surface area contributed by atoms with Gasteiger partial charge in [0.2, 0.25) is 0 Å². The van der Waals surface area contributed by atoms with Crippen LogP contribution in [0.4, 0.5) is 0 Å². The molecule has 1 heterocycles. The second-order valence-electron chi connectivity index (χ2n) is 4.27. The van der Waals surface area contributed by atoms with E-state index in [9.17, 15) is 0 Å². The van der Waals surface area contributed by atoms with Crippen LogP contribution in [0.2, 0.25) is 0 Å². The fraction of sp³-hybridized carbons (Fsp3) is 0.615. The standard InChI is InChI=1S/C13H24N4/c1-4-17(5-2)9-8-13(16-14)12-7-6-11(3)15-10-12/h6-7,10,13,16H,4-5,8-9,14H2,1-3H3. The lowest BCUT2D eigenvalue weighted by atomic mass is 10.1. The van der Waals surface area contributed by atoms with E-state index < -0.39 is 0 Å². The summed E-state index contributed by atoms with van der Waals surface area (Å²) in [6.07, 6.45) is 2.91. The average Bonchev–Trinajstić information content (AvgIpc) is 2.36. The van der Waals surface area contributed by atoms with E-state index >= 15 is 0 Å². The SMILES string of the molecule is CCN(CC)CCC(NN)c1ccc(C)nc1. The van der Waals surface area contributed by atoms with Crippen molar-refractivity contribution in [3.63, 3.8) is 0 Å². The summed E-state index contributed by atoms with van der Waals surface area (Å²) in [7, 11) is 0. The van der Waals surface area contributed by atoms with Gasteiger partial charge in [-0.2, -0.15) is 0 Å². The van der Waals surface area contributed by atoms with Gasteiger partial charge in [0, 0.05) is 17.9 Å². The molecule has 0 aromatic carbocycles. The summed E-state index contributed by atoms with van der Waals surface area (Å²) in [4.78, 5) is 6.70. The van der Waals surface area contributed by atoms with Crippen molar-refractivity contribution in [1.29, 1.82) is 0 Å². The van der Waals surface area contributed by atoms with Gasteiger partial charge in [-0.25, -0.2) is 0 Å². The predicted molar refractivity (Wildman–Crippen MR) is 71.4 cm³/mol. The maximum Gasteiger partial charge on any atom is 0.0487 e. The molecule has 0 aliphatic rings. The molecule has 3 N–H and O–H groups in total. The molecule has 0 aliphatic carbocycles. The van der Waals surface area contributed by atoms with Crippen LogP contribution in [0.5, 0.6) is 0 Å². The summed E-state index contributed by atoms with van der Waals surface area (Å²) in [5.41, 5.74) is 5.07. The van der Waals surface area contributed by atoms with Crippen molar-refractivity contribution < 1.29 is 0 Å². The number of nitrogens with two attached hydrogens (primary N) is 1. The number of nitrogens with zero attached hydrogens (tertiary/aromatic N) is 2. The molecule has 0 radical (unpaired) electrons. The van der Waals surface area contributed by atoms with Gasteiger partial charge in [0.1, 0.15) is 0 Å². The second kappa shape index (κ2) is 7.37. The Morgan fingerprint density at radius 3 is 2.53 bits per heavy atom. The summed E-state index contributed by atoms with van der Waals surface area (Å²) in [5.74, 6) is 5.62. The molecule has 0 saturated heterocycles. The molecule has 1 atom stereocenters. The van der Waals surface area contributed by atoms with E-state index in [-0.39, 0.29) is 6.04 Å². The molecule has 1 unspecified atom stereocenters. The molecule has 0 aliphatic heterocycles. The largest absolute Gasteiger partial charge is 0.304 e. The molecule has 0 saturated carbocycles. The van der Waals surface area contributed by atoms with E-state index in [4.69, 9.17) is 5.84 Å². The molecule has 96 valence electrons. The Morgan fingerprint density at radius 1 is 1.35 bits per heavy atom. The van der Waals surface area contributed by atoms with Crippen LogP contribution in [0.1, 0.15) is 37.6 Å². The second-order valence-corrected chi connectivity index (χ2v) is 4.27. The molecule has 0 amide bonds. The minimum absolute atomic E-state index is 0.184. The quantitative estimate of drug-likeness (QED) is 0.558. The topological polar surface area (TPSA) is 54.2 Å². The van der Waals surface area contributed by atoms with E-state index in [0.29, 0.717) is 0 Å². The van der Waals surface area contributed by atoms with Crippen molar-refractivity contribution in [3.8, 4) is 0 Å². The maximum atomic E-state index is 5.62. The van der Waals surface area contributed by atoms with Crippen LogP contribution in [0.15, 0.2) is 18.3 Å². The van der Waals surface area contributed by atoms with Crippen LogP contribution in [-0.4, -0.2) is 29.5 Å². The third-order valence-electron chi connectivity index (χ3n) is 3.17. The highest BCUT2D eigenvalue weighted by Crippen LogP contribution is 2.15. The first-order valence-electron chi connectivity index (χ1n) is 6.32. The van der Waals surface area contributed by atoms with Gasteiger partial charge in [0.15, 0.2) is 0 Å². The third kappa shape index (κ3) is 4.42. The molecule has 1 aromatic rings. The number of aryl methyl sites for hydroxylation is 1. The summed E-state index contributed by atoms with van der Waals surface area (Å²) < 4.78 is 0. The Hall–Kier alpha value is -0.970. The number of aromatic nitrogens is 1. The van der Waals surface area contributed by atoms with E-state index in [2.05, 4.69) is 35.2 Å². The van der Waals surface area contributed by atoms with Crippen molar-refractivity contribution >= 4 is 0 Å². The molecule has 17 heavy (non-hydrogen) atoms. The molecular weight excluding hydrogens is 212 g/mol. The lowest BCUT2D eigenvalue weighted by Crippen LogP contribution is -2.32. The van der Waals surface area contributed by atoms with Crippen LogP contribution in [-0.2, 0) is 0 Å². The van der Waals surface area contributed by atoms with Crippen molar-refractivity contribution in [3.05, 3.63) is 29.6 Å². The van der Waals surface area contributed by atoms with Crippen molar-refractivity contribution in [1.82, 2.24) is 15.3 Å². The maximum absolute atomic E-state index is 5.62. The van der Waals surface area contributed by atoms with Gasteiger partial charge in [-0.15, -0.1) is 0 Å². The van der Waals surface area contributed by atoms with Gasteiger partial charge in [0.05, 0.1) is 0 Å². The van der Waals surface area contributed by atoms with Crippen molar-refractivity contribution in [2.24, 2.45) is 5.84 Å². The third-order valence-corrected chi connectivity index (χ3v) is 3.17. The first kappa shape index (κ1) is 14.1. The highest BCUT2D eigenvalue weighted by atomic mass is 15.2. The lowest BCUT2D eigenvalue weighted by molar-refractivity contribution is 0.282. The van der Waals surface area contributed by atoms with Gasteiger partial charge in [-0.1, -0.05) is 19.9 Å². The smallest absolute Gasteiger partial charge is 0.0487 e. The van der Waals surface area contributed by atoms with Gasteiger partial charge in [0.25, 0.3) is 0 Å². The first-order valence-corrected chi connectivity index (χ1v) is 6.32. The molecule has 1 rings (SSSR count). The average molecular weight is 236 g/mol. The zero-order valence-corrected chi connectivity index (χ0v) is 11.1. The minimum atomic E-state index is 0.184. The molecule has 4 heteroatoms. The number of rotatable bonds is 7. The van der Waals surface area contributed by atoms with Gasteiger partial charge < -0.3 is 4.90 Å². The number of pyridine rings is 1. The van der Waals surface area contributed by atoms with Crippen LogP contribution < -0.4 is 11.3 Å². The Morgan fingerprint density at radius 2 is 2.06 bits per heavy atom. The van der Waals surface area contributed by atoms with Crippen molar-refractivity contribution in [2.45, 2.75) is 33.2 Å². The van der Waals surface area contributed by atoms with E-state index in [1.807, 2.05) is 19.2 Å². The number of nitrogens with one attached hydrogen (secondary N) is 1. The monoisotopic (exact) mass is 236 g/mol. The van der Waals surface area contributed by atoms with Gasteiger partial charge in [-0.3, -0.25) is 16.3 Å². The highest BCUT2D eigenvalue weighted by molar-refractivity contribution is 5.17. The van der Waals surface area contributed by atoms with Crippen LogP contribution in [0, 0.1) is 6.92 Å².